The summed E-state index contributed by atoms with van der Waals surface area (Å²) in [4.78, 5) is 17.9. The van der Waals surface area contributed by atoms with E-state index in [2.05, 4.69) is 23.1 Å². The van der Waals surface area contributed by atoms with Gasteiger partial charge in [0.15, 0.2) is 5.78 Å². The Labute approximate surface area is 244 Å². The molecule has 7 rings (SSSR count). The van der Waals surface area contributed by atoms with Crippen LogP contribution in [0.15, 0.2) is 65.5 Å². The van der Waals surface area contributed by atoms with Crippen LogP contribution in [0.2, 0.25) is 0 Å². The lowest BCUT2D eigenvalue weighted by Gasteiger charge is -2.60. The minimum absolute atomic E-state index is 0.0447. The number of aliphatic hydroxyl groups is 2. The summed E-state index contributed by atoms with van der Waals surface area (Å²) >= 11 is 1.37. The highest BCUT2D eigenvalue weighted by Crippen LogP contribution is 2.67. The number of aliphatic hydroxyl groups excluding tert-OH is 1. The Balaban J connectivity index is 1.16. The molecule has 0 radical (unpaired) electrons. The van der Waals surface area contributed by atoms with Crippen molar-refractivity contribution < 1.29 is 19.4 Å². The fraction of sp³-hybridized carbons (Fsp3) is 0.485. The van der Waals surface area contributed by atoms with Gasteiger partial charge in [-0.25, -0.2) is 14.1 Å². The minimum Gasteiger partial charge on any atom is -0.393 e. The largest absolute Gasteiger partial charge is 0.393 e. The molecule has 2 N–H and O–H groups in total. The molecule has 0 saturated heterocycles. The third-order valence-electron chi connectivity index (χ3n) is 11.1. The molecular weight excluding hydrogens is 537 g/mol. The first kappa shape index (κ1) is 27.0. The zero-order valence-electron chi connectivity index (χ0n) is 23.5. The fourth-order valence-corrected chi connectivity index (χ4v) is 9.95. The first-order chi connectivity index (χ1) is 19.6. The number of thioether (sulfide) groups is 1. The van der Waals surface area contributed by atoms with Gasteiger partial charge in [-0.2, -0.15) is 5.10 Å². The number of rotatable bonds is 5. The van der Waals surface area contributed by atoms with Gasteiger partial charge >= 0.3 is 0 Å². The topological polar surface area (TPSA) is 88.2 Å². The van der Waals surface area contributed by atoms with E-state index in [1.54, 1.807) is 18.3 Å². The minimum atomic E-state index is -1.45. The lowest BCUT2D eigenvalue weighted by molar-refractivity contribution is -0.177. The van der Waals surface area contributed by atoms with Gasteiger partial charge in [0.2, 0.25) is 0 Å². The van der Waals surface area contributed by atoms with Crippen LogP contribution in [0.25, 0.3) is 11.8 Å². The molecule has 4 aliphatic rings. The number of hydrogen-bond acceptors (Lipinski definition) is 6. The van der Waals surface area contributed by atoms with E-state index in [0.29, 0.717) is 12.8 Å². The molecule has 214 valence electrons. The number of aromatic nitrogens is 3. The van der Waals surface area contributed by atoms with Gasteiger partial charge in [-0.1, -0.05) is 37.2 Å². The molecule has 0 spiro atoms. The molecule has 3 aromatic rings. The summed E-state index contributed by atoms with van der Waals surface area (Å²) in [7, 11) is 0. The third-order valence-corrected chi connectivity index (χ3v) is 12.0. The summed E-state index contributed by atoms with van der Waals surface area (Å²) in [5, 5.41) is 29.3. The van der Waals surface area contributed by atoms with Crippen molar-refractivity contribution in [3.8, 4) is 5.69 Å². The lowest BCUT2D eigenvalue weighted by atomic mass is 9.45. The second-order valence-electron chi connectivity index (χ2n) is 13.0. The number of benzene rings is 1. The Morgan fingerprint density at radius 2 is 1.98 bits per heavy atom. The predicted molar refractivity (Wildman–Crippen MR) is 156 cm³/mol. The number of fused-ring (bicyclic) bond motifs is 6. The van der Waals surface area contributed by atoms with Gasteiger partial charge in [-0.05, 0) is 110 Å². The van der Waals surface area contributed by atoms with Crippen molar-refractivity contribution >= 4 is 23.6 Å². The molecule has 0 aliphatic heterocycles. The third kappa shape index (κ3) is 4.01. The number of hydrogen-bond donors (Lipinski definition) is 2. The Morgan fingerprint density at radius 3 is 2.73 bits per heavy atom. The summed E-state index contributed by atoms with van der Waals surface area (Å²) < 4.78 is 15.4. The fourth-order valence-electron chi connectivity index (χ4n) is 9.13. The highest BCUT2D eigenvalue weighted by Gasteiger charge is 2.68. The van der Waals surface area contributed by atoms with E-state index in [-0.39, 0.29) is 40.5 Å². The number of Topliss-reactive ketones (excluding diaryl/α,β-unsaturated/α-hetero) is 1. The number of ketones is 1. The van der Waals surface area contributed by atoms with Crippen molar-refractivity contribution in [1.29, 1.82) is 0 Å². The zero-order chi connectivity index (χ0) is 28.6. The number of carbonyl (C=O) groups excluding carboxylic acids is 1. The quantitative estimate of drug-likeness (QED) is 0.384. The standard InChI is InChI=1S/C33H36FN3O3S/c1-31-16-20-18-36-37(23-9-7-22(34)8-10-23)26(20)15-21(31)6-11-24-25-12-13-33(40,32(25,2)17-27(38)30(24)31)28(39)19-41-29-5-3-4-14-35-29/h3-5,7-10,14-15,18,24-25,27,30,38,40H,6,11-13,16-17,19H2,1-2H3/t24?,25?,27?,30?,31?,32?,33-/m0/s1. The van der Waals surface area contributed by atoms with Crippen molar-refractivity contribution in [3.63, 3.8) is 0 Å². The molecule has 7 atom stereocenters. The van der Waals surface area contributed by atoms with Gasteiger partial charge in [0.25, 0.3) is 0 Å². The van der Waals surface area contributed by atoms with Crippen LogP contribution in [0, 0.1) is 34.4 Å². The van der Waals surface area contributed by atoms with E-state index in [4.69, 9.17) is 0 Å². The van der Waals surface area contributed by atoms with Gasteiger partial charge in [0.1, 0.15) is 11.4 Å². The summed E-state index contributed by atoms with van der Waals surface area (Å²) in [6.07, 6.45) is 9.51. The Morgan fingerprint density at radius 1 is 1.17 bits per heavy atom. The van der Waals surface area contributed by atoms with Crippen LogP contribution in [0.4, 0.5) is 4.39 Å². The molecule has 2 heterocycles. The van der Waals surface area contributed by atoms with Gasteiger partial charge in [0.05, 0.1) is 34.5 Å². The maximum Gasteiger partial charge on any atom is 0.175 e. The maximum atomic E-state index is 13.6. The molecule has 1 aromatic carbocycles. The molecule has 2 aromatic heterocycles. The molecule has 0 amide bonds. The summed E-state index contributed by atoms with van der Waals surface area (Å²) in [6, 6.07) is 12.0. The van der Waals surface area contributed by atoms with Gasteiger partial charge in [-0.15, -0.1) is 0 Å². The van der Waals surface area contributed by atoms with Crippen LogP contribution in [0.1, 0.15) is 57.2 Å². The monoisotopic (exact) mass is 573 g/mol. The Kier molecular flexibility index (Phi) is 6.34. The SMILES string of the molecule is CC12Cc3cnn(-c4ccc(F)cc4)c3C=C1CCC1C2C(O)CC2(C)C1CC[C@]2(O)C(=O)CSc1ccccn1. The van der Waals surface area contributed by atoms with E-state index in [0.717, 1.165) is 47.7 Å². The van der Waals surface area contributed by atoms with Crippen LogP contribution in [-0.4, -0.2) is 48.2 Å². The number of allylic oxidation sites excluding steroid dienone is 1. The zero-order valence-corrected chi connectivity index (χ0v) is 24.3. The molecule has 3 fully saturated rings. The normalized spacial score (nSPS) is 35.6. The predicted octanol–water partition coefficient (Wildman–Crippen LogP) is 5.65. The number of carbonyl (C=O) groups is 1. The van der Waals surface area contributed by atoms with Crippen LogP contribution in [0.5, 0.6) is 0 Å². The molecule has 3 saturated carbocycles. The lowest BCUT2D eigenvalue weighted by Crippen LogP contribution is -2.62. The summed E-state index contributed by atoms with van der Waals surface area (Å²) in [6.45, 7) is 4.34. The molecule has 41 heavy (non-hydrogen) atoms. The van der Waals surface area contributed by atoms with E-state index in [1.807, 2.05) is 36.0 Å². The first-order valence-corrected chi connectivity index (χ1v) is 15.6. The second kappa shape index (κ2) is 9.61. The van der Waals surface area contributed by atoms with Gasteiger partial charge in [-0.3, -0.25) is 4.79 Å². The molecular formula is C33H36FN3O3S. The van der Waals surface area contributed by atoms with Crippen LogP contribution >= 0.6 is 11.8 Å². The Bertz CT molecular complexity index is 1520. The smallest absolute Gasteiger partial charge is 0.175 e. The average Bonchev–Trinajstić information content (AvgIpc) is 3.48. The Hall–Kier alpha value is -2.81. The molecule has 8 heteroatoms. The molecule has 6 nitrogen and oxygen atoms in total. The number of halogens is 1. The highest BCUT2D eigenvalue weighted by atomic mass is 32.2. The number of pyridine rings is 1. The first-order valence-electron chi connectivity index (χ1n) is 14.7. The van der Waals surface area contributed by atoms with Gasteiger partial charge in [0, 0.05) is 11.6 Å². The highest BCUT2D eigenvalue weighted by molar-refractivity contribution is 7.99. The van der Waals surface area contributed by atoms with Crippen molar-refractivity contribution in [2.45, 2.75) is 69.1 Å². The van der Waals surface area contributed by atoms with E-state index in [9.17, 15) is 19.4 Å². The van der Waals surface area contributed by atoms with Crippen molar-refractivity contribution in [2.75, 3.05) is 5.75 Å². The van der Waals surface area contributed by atoms with E-state index < -0.39 is 17.1 Å². The van der Waals surface area contributed by atoms with Crippen molar-refractivity contribution in [1.82, 2.24) is 14.8 Å². The number of nitrogens with zero attached hydrogens (tertiary/aromatic N) is 3. The maximum absolute atomic E-state index is 13.6. The average molecular weight is 574 g/mol. The summed E-state index contributed by atoms with van der Waals surface area (Å²) in [5.41, 5.74) is 1.97. The van der Waals surface area contributed by atoms with Gasteiger partial charge < -0.3 is 10.2 Å². The van der Waals surface area contributed by atoms with Crippen molar-refractivity contribution in [3.05, 3.63) is 77.5 Å². The molecule has 4 aliphatic carbocycles. The van der Waals surface area contributed by atoms with E-state index >= 15 is 0 Å². The summed E-state index contributed by atoms with van der Waals surface area (Å²) in [5.74, 6) is 0.192. The van der Waals surface area contributed by atoms with Crippen molar-refractivity contribution in [2.24, 2.45) is 28.6 Å². The molecule has 0 bridgehead atoms. The van der Waals surface area contributed by atoms with E-state index in [1.165, 1.54) is 29.5 Å². The van der Waals surface area contributed by atoms with Crippen LogP contribution in [-0.2, 0) is 11.2 Å². The molecule has 6 unspecified atom stereocenters. The van der Waals surface area contributed by atoms with Crippen LogP contribution in [0.3, 0.4) is 0 Å². The van der Waals surface area contributed by atoms with Crippen LogP contribution < -0.4 is 0 Å². The second-order valence-corrected chi connectivity index (χ2v) is 14.0.